The molecule has 76 valence electrons. The summed E-state index contributed by atoms with van der Waals surface area (Å²) in [6.45, 7) is 1.81. The van der Waals surface area contributed by atoms with E-state index in [0.29, 0.717) is 0 Å². The third-order valence-electron chi connectivity index (χ3n) is 1.50. The Labute approximate surface area is 80.7 Å². The summed E-state index contributed by atoms with van der Waals surface area (Å²) in [5, 5.41) is 0. The number of pyridine rings is 1. The molecule has 0 aliphatic carbocycles. The number of esters is 1. The van der Waals surface area contributed by atoms with Crippen molar-refractivity contribution < 1.29 is 18.7 Å². The van der Waals surface area contributed by atoms with Crippen molar-refractivity contribution in [3.05, 3.63) is 23.6 Å². The number of nitrogens with zero attached hydrogens (tertiary/aromatic N) is 1. The summed E-state index contributed by atoms with van der Waals surface area (Å²) in [5.41, 5.74) is -0.355. The highest BCUT2D eigenvalue weighted by atomic mass is 19.1. The summed E-state index contributed by atoms with van der Waals surface area (Å²) in [5.74, 6) is -1.33. The molecule has 0 aromatic carbocycles. The largest absolute Gasteiger partial charge is 0.481 e. The highest BCUT2D eigenvalue weighted by Crippen LogP contribution is 2.12. The van der Waals surface area contributed by atoms with Crippen LogP contribution in [0, 0.1) is 5.82 Å². The molecule has 14 heavy (non-hydrogen) atoms. The molecule has 1 aromatic rings. The molecule has 4 nitrogen and oxygen atoms in total. The Morgan fingerprint density at radius 1 is 1.57 bits per heavy atom. The molecule has 0 aliphatic heterocycles. The molecule has 5 heteroatoms. The van der Waals surface area contributed by atoms with Gasteiger partial charge in [0.25, 0.3) is 0 Å². The summed E-state index contributed by atoms with van der Waals surface area (Å²) < 4.78 is 22.4. The van der Waals surface area contributed by atoms with Gasteiger partial charge in [0.05, 0.1) is 13.7 Å². The molecule has 0 saturated carbocycles. The van der Waals surface area contributed by atoms with E-state index in [4.69, 9.17) is 4.74 Å². The number of methoxy groups -OCH3 is 1. The SMILES string of the molecule is CCOC(=O)c1nc(OC)ccc1F. The lowest BCUT2D eigenvalue weighted by Gasteiger charge is -2.03. The Morgan fingerprint density at radius 2 is 2.29 bits per heavy atom. The van der Waals surface area contributed by atoms with E-state index < -0.39 is 11.8 Å². The Morgan fingerprint density at radius 3 is 2.86 bits per heavy atom. The standard InChI is InChI=1S/C9H10FNO3/c1-3-14-9(12)8-6(10)4-5-7(11-8)13-2/h4-5H,3H2,1-2H3. The molecule has 0 N–H and O–H groups in total. The number of ether oxygens (including phenoxy) is 2. The van der Waals surface area contributed by atoms with Crippen molar-refractivity contribution in [1.82, 2.24) is 4.98 Å². The predicted octanol–water partition coefficient (Wildman–Crippen LogP) is 1.41. The zero-order valence-electron chi connectivity index (χ0n) is 7.91. The number of hydrogen-bond acceptors (Lipinski definition) is 4. The second-order valence-electron chi connectivity index (χ2n) is 2.40. The Balaban J connectivity index is 2.99. The van der Waals surface area contributed by atoms with Gasteiger partial charge in [0, 0.05) is 6.07 Å². The Hall–Kier alpha value is -1.65. The van der Waals surface area contributed by atoms with Gasteiger partial charge in [-0.1, -0.05) is 0 Å². The number of rotatable bonds is 3. The molecule has 1 rings (SSSR count). The second kappa shape index (κ2) is 4.55. The summed E-state index contributed by atoms with van der Waals surface area (Å²) >= 11 is 0. The van der Waals surface area contributed by atoms with E-state index in [0.717, 1.165) is 6.07 Å². The van der Waals surface area contributed by atoms with Crippen LogP contribution >= 0.6 is 0 Å². The van der Waals surface area contributed by atoms with Gasteiger partial charge in [-0.15, -0.1) is 0 Å². The summed E-state index contributed by atoms with van der Waals surface area (Å²) in [6.07, 6.45) is 0. The fraction of sp³-hybridized carbons (Fsp3) is 0.333. The van der Waals surface area contributed by atoms with Gasteiger partial charge in [-0.05, 0) is 13.0 Å². The maximum absolute atomic E-state index is 13.1. The van der Waals surface area contributed by atoms with E-state index >= 15 is 0 Å². The van der Waals surface area contributed by atoms with E-state index in [2.05, 4.69) is 9.72 Å². The summed E-state index contributed by atoms with van der Waals surface area (Å²) in [6, 6.07) is 2.44. The van der Waals surface area contributed by atoms with E-state index in [9.17, 15) is 9.18 Å². The average Bonchev–Trinajstić information content (AvgIpc) is 2.19. The second-order valence-corrected chi connectivity index (χ2v) is 2.40. The minimum absolute atomic E-state index is 0.175. The van der Waals surface area contributed by atoms with Crippen molar-refractivity contribution in [2.75, 3.05) is 13.7 Å². The Bertz CT molecular complexity index is 341. The number of halogens is 1. The summed E-state index contributed by atoms with van der Waals surface area (Å²) in [4.78, 5) is 14.8. The quantitative estimate of drug-likeness (QED) is 0.690. The van der Waals surface area contributed by atoms with Gasteiger partial charge in [-0.3, -0.25) is 0 Å². The van der Waals surface area contributed by atoms with Crippen molar-refractivity contribution in [3.63, 3.8) is 0 Å². The topological polar surface area (TPSA) is 48.4 Å². The first-order valence-electron chi connectivity index (χ1n) is 4.06. The molecule has 0 atom stereocenters. The van der Waals surface area contributed by atoms with Crippen LogP contribution in [0.25, 0.3) is 0 Å². The maximum atomic E-state index is 13.1. The first-order valence-corrected chi connectivity index (χ1v) is 4.06. The lowest BCUT2D eigenvalue weighted by atomic mass is 10.3. The van der Waals surface area contributed by atoms with Crippen LogP contribution in [-0.2, 0) is 4.74 Å². The number of carbonyl (C=O) groups is 1. The molecular weight excluding hydrogens is 189 g/mol. The van der Waals surface area contributed by atoms with Crippen molar-refractivity contribution in [3.8, 4) is 5.88 Å². The highest BCUT2D eigenvalue weighted by molar-refractivity contribution is 5.87. The summed E-state index contributed by atoms with van der Waals surface area (Å²) in [7, 11) is 1.38. The minimum atomic E-state index is -0.788. The molecule has 0 fully saturated rings. The minimum Gasteiger partial charge on any atom is -0.481 e. The van der Waals surface area contributed by atoms with Gasteiger partial charge in [0.1, 0.15) is 0 Å². The van der Waals surface area contributed by atoms with E-state index in [-0.39, 0.29) is 18.2 Å². The number of aromatic nitrogens is 1. The van der Waals surface area contributed by atoms with Crippen LogP contribution in [0.3, 0.4) is 0 Å². The Kier molecular flexibility index (Phi) is 3.39. The zero-order valence-corrected chi connectivity index (χ0v) is 7.91. The highest BCUT2D eigenvalue weighted by Gasteiger charge is 2.15. The molecule has 0 spiro atoms. The van der Waals surface area contributed by atoms with Crippen LogP contribution in [0.4, 0.5) is 4.39 Å². The average molecular weight is 199 g/mol. The maximum Gasteiger partial charge on any atom is 0.360 e. The van der Waals surface area contributed by atoms with E-state index in [1.54, 1.807) is 6.92 Å². The lowest BCUT2D eigenvalue weighted by Crippen LogP contribution is -2.10. The monoisotopic (exact) mass is 199 g/mol. The van der Waals surface area contributed by atoms with Crippen LogP contribution in [0.1, 0.15) is 17.4 Å². The van der Waals surface area contributed by atoms with Gasteiger partial charge in [0.2, 0.25) is 5.88 Å². The molecule has 0 bridgehead atoms. The van der Waals surface area contributed by atoms with Gasteiger partial charge in [0.15, 0.2) is 11.5 Å². The van der Waals surface area contributed by atoms with Crippen molar-refractivity contribution >= 4 is 5.97 Å². The molecule has 1 aromatic heterocycles. The van der Waals surface area contributed by atoms with Crippen molar-refractivity contribution in [1.29, 1.82) is 0 Å². The third kappa shape index (κ3) is 2.18. The molecule has 0 radical (unpaired) electrons. The van der Waals surface area contributed by atoms with Gasteiger partial charge in [-0.2, -0.15) is 0 Å². The normalized spacial score (nSPS) is 9.64. The fourth-order valence-corrected chi connectivity index (χ4v) is 0.881. The first kappa shape index (κ1) is 10.4. The van der Waals surface area contributed by atoms with Gasteiger partial charge in [-0.25, -0.2) is 14.2 Å². The van der Waals surface area contributed by atoms with Crippen LogP contribution in [0.15, 0.2) is 12.1 Å². The van der Waals surface area contributed by atoms with Gasteiger partial charge >= 0.3 is 5.97 Å². The van der Waals surface area contributed by atoms with Crippen molar-refractivity contribution in [2.24, 2.45) is 0 Å². The van der Waals surface area contributed by atoms with E-state index in [1.807, 2.05) is 0 Å². The molecule has 0 aliphatic rings. The number of hydrogen-bond donors (Lipinski definition) is 0. The van der Waals surface area contributed by atoms with Crippen LogP contribution in [0.5, 0.6) is 5.88 Å². The van der Waals surface area contributed by atoms with Crippen molar-refractivity contribution in [2.45, 2.75) is 6.92 Å². The molecule has 0 saturated heterocycles. The molecular formula is C9H10FNO3. The molecule has 0 unspecified atom stereocenters. The lowest BCUT2D eigenvalue weighted by molar-refractivity contribution is 0.0512. The third-order valence-corrected chi connectivity index (χ3v) is 1.50. The van der Waals surface area contributed by atoms with E-state index in [1.165, 1.54) is 13.2 Å². The first-order chi connectivity index (χ1) is 6.69. The predicted molar refractivity (Wildman–Crippen MR) is 46.7 cm³/mol. The van der Waals surface area contributed by atoms with Crippen LogP contribution in [0.2, 0.25) is 0 Å². The fourth-order valence-electron chi connectivity index (χ4n) is 0.881. The smallest absolute Gasteiger partial charge is 0.360 e. The van der Waals surface area contributed by atoms with Crippen LogP contribution < -0.4 is 4.74 Å². The molecule has 0 amide bonds. The molecule has 1 heterocycles. The number of carbonyl (C=O) groups excluding carboxylic acids is 1. The van der Waals surface area contributed by atoms with Gasteiger partial charge < -0.3 is 9.47 Å². The zero-order chi connectivity index (χ0) is 10.6. The van der Waals surface area contributed by atoms with Crippen LogP contribution in [-0.4, -0.2) is 24.7 Å².